The number of nitrogens with zero attached hydrogens (tertiary/aromatic N) is 1. The standard InChI is InChI=1S/C13H16F3NOS/c1-3-17(9-13(14,15)16)12(18)10(2)19-11-7-5-4-6-8-11/h4-8,10H,3,9H2,1-2H3. The van der Waals surface area contributed by atoms with Gasteiger partial charge in [-0.2, -0.15) is 13.2 Å². The van der Waals surface area contributed by atoms with E-state index in [1.54, 1.807) is 13.8 Å². The summed E-state index contributed by atoms with van der Waals surface area (Å²) in [5.41, 5.74) is 0. The predicted octanol–water partition coefficient (Wildman–Crippen LogP) is 3.58. The summed E-state index contributed by atoms with van der Waals surface area (Å²) in [6, 6.07) is 9.15. The molecule has 0 saturated heterocycles. The van der Waals surface area contributed by atoms with Gasteiger partial charge in [-0.3, -0.25) is 4.79 Å². The number of alkyl halides is 3. The van der Waals surface area contributed by atoms with E-state index in [2.05, 4.69) is 0 Å². The maximum absolute atomic E-state index is 12.3. The van der Waals surface area contributed by atoms with Crippen molar-refractivity contribution in [3.8, 4) is 0 Å². The zero-order valence-corrected chi connectivity index (χ0v) is 11.6. The second kappa shape index (κ2) is 6.84. The molecule has 0 radical (unpaired) electrons. The maximum Gasteiger partial charge on any atom is 0.406 e. The number of benzene rings is 1. The molecule has 0 spiro atoms. The third kappa shape index (κ3) is 5.55. The van der Waals surface area contributed by atoms with E-state index in [9.17, 15) is 18.0 Å². The van der Waals surface area contributed by atoms with Crippen molar-refractivity contribution in [1.82, 2.24) is 4.90 Å². The van der Waals surface area contributed by atoms with Crippen molar-refractivity contribution in [2.75, 3.05) is 13.1 Å². The fourth-order valence-electron chi connectivity index (χ4n) is 1.57. The first kappa shape index (κ1) is 15.9. The van der Waals surface area contributed by atoms with Gasteiger partial charge in [0.1, 0.15) is 6.54 Å². The molecule has 0 aliphatic carbocycles. The van der Waals surface area contributed by atoms with Crippen molar-refractivity contribution in [2.24, 2.45) is 0 Å². The van der Waals surface area contributed by atoms with Crippen molar-refractivity contribution < 1.29 is 18.0 Å². The third-order valence-corrected chi connectivity index (χ3v) is 3.57. The van der Waals surface area contributed by atoms with Gasteiger partial charge in [0.15, 0.2) is 0 Å². The number of hydrogen-bond donors (Lipinski definition) is 0. The summed E-state index contributed by atoms with van der Waals surface area (Å²) in [6.45, 7) is 2.03. The fourth-order valence-corrected chi connectivity index (χ4v) is 2.55. The van der Waals surface area contributed by atoms with Crippen LogP contribution < -0.4 is 0 Å². The van der Waals surface area contributed by atoms with Crippen LogP contribution in [0.2, 0.25) is 0 Å². The largest absolute Gasteiger partial charge is 0.406 e. The van der Waals surface area contributed by atoms with Crippen molar-refractivity contribution >= 4 is 17.7 Å². The lowest BCUT2D eigenvalue weighted by Gasteiger charge is -2.25. The fraction of sp³-hybridized carbons (Fsp3) is 0.462. The average molecular weight is 291 g/mol. The summed E-state index contributed by atoms with van der Waals surface area (Å²) >= 11 is 1.26. The van der Waals surface area contributed by atoms with Gasteiger partial charge in [0.05, 0.1) is 5.25 Å². The van der Waals surface area contributed by atoms with Crippen LogP contribution in [0.3, 0.4) is 0 Å². The molecule has 1 aromatic rings. The maximum atomic E-state index is 12.3. The van der Waals surface area contributed by atoms with E-state index in [1.807, 2.05) is 30.3 Å². The summed E-state index contributed by atoms with van der Waals surface area (Å²) in [7, 11) is 0. The Balaban J connectivity index is 2.64. The molecule has 1 atom stereocenters. The SMILES string of the molecule is CCN(CC(F)(F)F)C(=O)C(C)Sc1ccccc1. The lowest BCUT2D eigenvalue weighted by Crippen LogP contribution is -2.42. The lowest BCUT2D eigenvalue weighted by molar-refractivity contribution is -0.160. The Labute approximate surface area is 115 Å². The minimum Gasteiger partial charge on any atom is -0.333 e. The highest BCUT2D eigenvalue weighted by atomic mass is 32.2. The van der Waals surface area contributed by atoms with Crippen LogP contribution in [0, 0.1) is 0 Å². The smallest absolute Gasteiger partial charge is 0.333 e. The van der Waals surface area contributed by atoms with E-state index in [1.165, 1.54) is 11.8 Å². The summed E-state index contributed by atoms with van der Waals surface area (Å²) in [4.78, 5) is 13.7. The molecule has 0 fully saturated rings. The zero-order valence-electron chi connectivity index (χ0n) is 10.8. The lowest BCUT2D eigenvalue weighted by atomic mass is 10.3. The van der Waals surface area contributed by atoms with Crippen molar-refractivity contribution in [2.45, 2.75) is 30.2 Å². The van der Waals surface area contributed by atoms with Crippen LogP contribution in [0.4, 0.5) is 13.2 Å². The molecule has 1 amide bonds. The number of carbonyl (C=O) groups excluding carboxylic acids is 1. The van der Waals surface area contributed by atoms with Gasteiger partial charge in [0, 0.05) is 11.4 Å². The molecular formula is C13H16F3NOS. The Morgan fingerprint density at radius 3 is 2.37 bits per heavy atom. The number of thioether (sulfide) groups is 1. The molecule has 0 aromatic heterocycles. The predicted molar refractivity (Wildman–Crippen MR) is 70.1 cm³/mol. The van der Waals surface area contributed by atoms with Crippen LogP contribution in [0.15, 0.2) is 35.2 Å². The Bertz CT molecular complexity index is 408. The van der Waals surface area contributed by atoms with E-state index < -0.39 is 23.9 Å². The summed E-state index contributed by atoms with van der Waals surface area (Å²) in [6.07, 6.45) is -4.36. The highest BCUT2D eigenvalue weighted by Gasteiger charge is 2.33. The van der Waals surface area contributed by atoms with Crippen molar-refractivity contribution in [1.29, 1.82) is 0 Å². The number of carbonyl (C=O) groups is 1. The Morgan fingerprint density at radius 2 is 1.89 bits per heavy atom. The van der Waals surface area contributed by atoms with Gasteiger partial charge in [-0.05, 0) is 26.0 Å². The van der Waals surface area contributed by atoms with Crippen LogP contribution in [0.1, 0.15) is 13.8 Å². The molecule has 1 rings (SSSR count). The first-order valence-corrected chi connectivity index (χ1v) is 6.78. The van der Waals surface area contributed by atoms with Crippen molar-refractivity contribution in [3.05, 3.63) is 30.3 Å². The van der Waals surface area contributed by atoms with Crippen LogP contribution in [-0.2, 0) is 4.79 Å². The van der Waals surface area contributed by atoms with Gasteiger partial charge in [-0.15, -0.1) is 11.8 Å². The number of rotatable bonds is 5. The molecule has 19 heavy (non-hydrogen) atoms. The normalized spacial score (nSPS) is 13.1. The number of halogens is 3. The summed E-state index contributed by atoms with van der Waals surface area (Å²) in [5.74, 6) is -0.492. The molecule has 0 bridgehead atoms. The minimum absolute atomic E-state index is 0.0536. The van der Waals surface area contributed by atoms with Crippen LogP contribution in [-0.4, -0.2) is 35.3 Å². The van der Waals surface area contributed by atoms with E-state index >= 15 is 0 Å². The van der Waals surface area contributed by atoms with E-state index in [0.29, 0.717) is 0 Å². The minimum atomic E-state index is -4.36. The Hall–Kier alpha value is -1.17. The van der Waals surface area contributed by atoms with E-state index in [0.717, 1.165) is 9.80 Å². The van der Waals surface area contributed by atoms with Crippen molar-refractivity contribution in [3.63, 3.8) is 0 Å². The molecule has 1 unspecified atom stereocenters. The average Bonchev–Trinajstić information content (AvgIpc) is 2.35. The van der Waals surface area contributed by atoms with Gasteiger partial charge < -0.3 is 4.90 Å². The second-order valence-electron chi connectivity index (χ2n) is 4.04. The molecule has 0 saturated carbocycles. The quantitative estimate of drug-likeness (QED) is 0.773. The molecule has 0 N–H and O–H groups in total. The van der Waals surface area contributed by atoms with Crippen LogP contribution in [0.5, 0.6) is 0 Å². The monoisotopic (exact) mass is 291 g/mol. The van der Waals surface area contributed by atoms with Crippen LogP contribution in [0.25, 0.3) is 0 Å². The van der Waals surface area contributed by atoms with Gasteiger partial charge in [0.25, 0.3) is 0 Å². The third-order valence-electron chi connectivity index (χ3n) is 2.47. The summed E-state index contributed by atoms with van der Waals surface area (Å²) < 4.78 is 37.0. The molecule has 106 valence electrons. The van der Waals surface area contributed by atoms with Gasteiger partial charge in [-0.25, -0.2) is 0 Å². The molecule has 0 aliphatic rings. The highest BCUT2D eigenvalue weighted by molar-refractivity contribution is 8.00. The zero-order chi connectivity index (χ0) is 14.5. The van der Waals surface area contributed by atoms with E-state index in [-0.39, 0.29) is 6.54 Å². The molecule has 6 heteroatoms. The van der Waals surface area contributed by atoms with Crippen LogP contribution >= 0.6 is 11.8 Å². The Kier molecular flexibility index (Phi) is 5.72. The second-order valence-corrected chi connectivity index (χ2v) is 5.45. The first-order valence-electron chi connectivity index (χ1n) is 5.90. The molecule has 0 heterocycles. The topological polar surface area (TPSA) is 20.3 Å². The first-order chi connectivity index (χ1) is 8.83. The number of hydrogen-bond acceptors (Lipinski definition) is 2. The highest BCUT2D eigenvalue weighted by Crippen LogP contribution is 2.25. The molecule has 1 aromatic carbocycles. The molecule has 2 nitrogen and oxygen atoms in total. The Morgan fingerprint density at radius 1 is 1.32 bits per heavy atom. The number of amides is 1. The molecular weight excluding hydrogens is 275 g/mol. The van der Waals surface area contributed by atoms with Gasteiger partial charge >= 0.3 is 6.18 Å². The van der Waals surface area contributed by atoms with Gasteiger partial charge in [-0.1, -0.05) is 18.2 Å². The molecule has 0 aliphatic heterocycles. The van der Waals surface area contributed by atoms with Gasteiger partial charge in [0.2, 0.25) is 5.91 Å². The summed E-state index contributed by atoms with van der Waals surface area (Å²) in [5, 5.41) is -0.537. The van der Waals surface area contributed by atoms with E-state index in [4.69, 9.17) is 0 Å².